The number of nitrogens with zero attached hydrogens (tertiary/aromatic N) is 1. The molecule has 1 amide bonds. The molecule has 0 saturated carbocycles. The lowest BCUT2D eigenvalue weighted by Gasteiger charge is -2.35. The zero-order valence-corrected chi connectivity index (χ0v) is 17.6. The van der Waals surface area contributed by atoms with E-state index in [-0.39, 0.29) is 23.8 Å². The number of piperidine rings is 1. The van der Waals surface area contributed by atoms with Crippen molar-refractivity contribution in [2.24, 2.45) is 0 Å². The Morgan fingerprint density at radius 1 is 1.22 bits per heavy atom. The standard InChI is InChI=1S/C21H34N2O3S/c1-3-20-7-4-5-14-23(20)15-6-13-22-21(24)12-16-27(25,26)17-19-10-8-18(2)9-11-19/h8-11,20H,3-7,12-17H2,1-2H3,(H,22,24). The van der Waals surface area contributed by atoms with Gasteiger partial charge in [-0.3, -0.25) is 4.79 Å². The number of hydrogen-bond acceptors (Lipinski definition) is 4. The fraction of sp³-hybridized carbons (Fsp3) is 0.667. The number of aryl methyl sites for hydroxylation is 1. The van der Waals surface area contributed by atoms with Crippen LogP contribution in [0, 0.1) is 6.92 Å². The lowest BCUT2D eigenvalue weighted by atomic mass is 10.00. The zero-order valence-electron chi connectivity index (χ0n) is 16.7. The van der Waals surface area contributed by atoms with Gasteiger partial charge in [-0.05, 0) is 44.7 Å². The summed E-state index contributed by atoms with van der Waals surface area (Å²) in [7, 11) is -3.27. The summed E-state index contributed by atoms with van der Waals surface area (Å²) in [5.41, 5.74) is 1.87. The predicted octanol–water partition coefficient (Wildman–Crippen LogP) is 3.07. The lowest BCUT2D eigenvalue weighted by Crippen LogP contribution is -2.40. The smallest absolute Gasteiger partial charge is 0.221 e. The minimum Gasteiger partial charge on any atom is -0.356 e. The number of benzene rings is 1. The number of carbonyl (C=O) groups is 1. The van der Waals surface area contributed by atoms with E-state index in [0.29, 0.717) is 12.6 Å². The molecule has 1 heterocycles. The van der Waals surface area contributed by atoms with E-state index >= 15 is 0 Å². The summed E-state index contributed by atoms with van der Waals surface area (Å²) >= 11 is 0. The van der Waals surface area contributed by atoms with Crippen LogP contribution in [0.15, 0.2) is 24.3 Å². The maximum Gasteiger partial charge on any atom is 0.221 e. The summed E-state index contributed by atoms with van der Waals surface area (Å²) in [5.74, 6) is -0.279. The van der Waals surface area contributed by atoms with E-state index in [1.54, 1.807) is 0 Å². The number of sulfone groups is 1. The van der Waals surface area contributed by atoms with E-state index in [0.717, 1.165) is 30.6 Å². The van der Waals surface area contributed by atoms with Crippen LogP contribution in [0.3, 0.4) is 0 Å². The highest BCUT2D eigenvalue weighted by Gasteiger charge is 2.20. The molecule has 5 nitrogen and oxygen atoms in total. The number of likely N-dealkylation sites (tertiary alicyclic amines) is 1. The Morgan fingerprint density at radius 3 is 2.67 bits per heavy atom. The second-order valence-electron chi connectivity index (χ2n) is 7.62. The first-order valence-corrected chi connectivity index (χ1v) is 12.0. The second kappa shape index (κ2) is 10.8. The third-order valence-corrected chi connectivity index (χ3v) is 6.91. The molecule has 1 atom stereocenters. The Labute approximate surface area is 164 Å². The van der Waals surface area contributed by atoms with Gasteiger partial charge >= 0.3 is 0 Å². The van der Waals surface area contributed by atoms with Gasteiger partial charge < -0.3 is 10.2 Å². The molecule has 1 unspecified atom stereocenters. The average molecular weight is 395 g/mol. The SMILES string of the molecule is CCC1CCCCN1CCCNC(=O)CCS(=O)(=O)Cc1ccc(C)cc1. The highest BCUT2D eigenvalue weighted by molar-refractivity contribution is 7.90. The lowest BCUT2D eigenvalue weighted by molar-refractivity contribution is -0.120. The molecule has 0 aromatic heterocycles. The summed E-state index contributed by atoms with van der Waals surface area (Å²) in [5, 5.41) is 2.87. The molecule has 1 aliphatic rings. The number of amides is 1. The normalized spacial score (nSPS) is 18.4. The van der Waals surface area contributed by atoms with Crippen LogP contribution >= 0.6 is 0 Å². The molecule has 1 aromatic rings. The van der Waals surface area contributed by atoms with Crippen LogP contribution in [0.2, 0.25) is 0 Å². The molecule has 6 heteroatoms. The van der Waals surface area contributed by atoms with Gasteiger partial charge in [0, 0.05) is 25.6 Å². The van der Waals surface area contributed by atoms with Crippen molar-refractivity contribution in [1.82, 2.24) is 10.2 Å². The van der Waals surface area contributed by atoms with E-state index in [1.807, 2.05) is 31.2 Å². The van der Waals surface area contributed by atoms with Crippen molar-refractivity contribution in [3.63, 3.8) is 0 Å². The largest absolute Gasteiger partial charge is 0.356 e. The molecule has 27 heavy (non-hydrogen) atoms. The average Bonchev–Trinajstić information content (AvgIpc) is 2.65. The number of nitrogens with one attached hydrogen (secondary N) is 1. The summed E-state index contributed by atoms with van der Waals surface area (Å²) in [6, 6.07) is 8.15. The van der Waals surface area contributed by atoms with Gasteiger partial charge in [0.15, 0.2) is 9.84 Å². The van der Waals surface area contributed by atoms with Crippen molar-refractivity contribution >= 4 is 15.7 Å². The van der Waals surface area contributed by atoms with Gasteiger partial charge in [-0.15, -0.1) is 0 Å². The Kier molecular flexibility index (Phi) is 8.77. The minimum absolute atomic E-state index is 0.00603. The van der Waals surface area contributed by atoms with Crippen LogP contribution in [0.1, 0.15) is 56.6 Å². The Balaban J connectivity index is 1.64. The van der Waals surface area contributed by atoms with Gasteiger partial charge in [-0.2, -0.15) is 0 Å². The Bertz CT molecular complexity index is 686. The molecular weight excluding hydrogens is 360 g/mol. The van der Waals surface area contributed by atoms with E-state index < -0.39 is 9.84 Å². The van der Waals surface area contributed by atoms with Crippen LogP contribution in [-0.4, -0.2) is 50.7 Å². The molecule has 0 spiro atoms. The van der Waals surface area contributed by atoms with Crippen molar-refractivity contribution in [1.29, 1.82) is 0 Å². The molecule has 0 radical (unpaired) electrons. The third kappa shape index (κ3) is 8.01. The maximum atomic E-state index is 12.2. The van der Waals surface area contributed by atoms with Crippen LogP contribution in [0.4, 0.5) is 0 Å². The number of hydrogen-bond donors (Lipinski definition) is 1. The molecule has 152 valence electrons. The van der Waals surface area contributed by atoms with Crippen molar-refractivity contribution in [2.45, 2.75) is 64.2 Å². The molecule has 1 saturated heterocycles. The molecule has 2 rings (SSSR count). The van der Waals surface area contributed by atoms with E-state index in [1.165, 1.54) is 25.7 Å². The number of rotatable bonds is 10. The fourth-order valence-electron chi connectivity index (χ4n) is 3.67. The molecule has 1 N–H and O–H groups in total. The van der Waals surface area contributed by atoms with Crippen molar-refractivity contribution in [2.75, 3.05) is 25.4 Å². The van der Waals surface area contributed by atoms with Gasteiger partial charge in [-0.25, -0.2) is 8.42 Å². The van der Waals surface area contributed by atoms with Crippen molar-refractivity contribution in [3.05, 3.63) is 35.4 Å². The van der Waals surface area contributed by atoms with Gasteiger partial charge in [0.05, 0.1) is 11.5 Å². The fourth-order valence-corrected chi connectivity index (χ4v) is 5.01. The minimum atomic E-state index is -3.27. The quantitative estimate of drug-likeness (QED) is 0.620. The highest BCUT2D eigenvalue weighted by atomic mass is 32.2. The molecule has 0 aliphatic carbocycles. The molecular formula is C21H34N2O3S. The second-order valence-corrected chi connectivity index (χ2v) is 9.81. The van der Waals surface area contributed by atoms with Gasteiger partial charge in [0.2, 0.25) is 5.91 Å². The highest BCUT2D eigenvalue weighted by Crippen LogP contribution is 2.19. The predicted molar refractivity (Wildman–Crippen MR) is 110 cm³/mol. The van der Waals surface area contributed by atoms with Gasteiger partial charge in [0.1, 0.15) is 0 Å². The summed E-state index contributed by atoms with van der Waals surface area (Å²) < 4.78 is 24.4. The Hall–Kier alpha value is -1.40. The summed E-state index contributed by atoms with van der Waals surface area (Å²) in [6.07, 6.45) is 6.01. The topological polar surface area (TPSA) is 66.5 Å². The summed E-state index contributed by atoms with van der Waals surface area (Å²) in [6.45, 7) is 6.98. The van der Waals surface area contributed by atoms with Crippen molar-refractivity contribution < 1.29 is 13.2 Å². The third-order valence-electron chi connectivity index (χ3n) is 5.31. The number of carbonyl (C=O) groups excluding carboxylic acids is 1. The Morgan fingerprint density at radius 2 is 1.96 bits per heavy atom. The van der Waals surface area contributed by atoms with E-state index in [4.69, 9.17) is 0 Å². The van der Waals surface area contributed by atoms with Crippen LogP contribution in [0.25, 0.3) is 0 Å². The van der Waals surface area contributed by atoms with Crippen LogP contribution < -0.4 is 5.32 Å². The van der Waals surface area contributed by atoms with Crippen LogP contribution in [-0.2, 0) is 20.4 Å². The van der Waals surface area contributed by atoms with E-state index in [2.05, 4.69) is 17.1 Å². The van der Waals surface area contributed by atoms with Crippen molar-refractivity contribution in [3.8, 4) is 0 Å². The van der Waals surface area contributed by atoms with Gasteiger partial charge in [-0.1, -0.05) is 43.2 Å². The van der Waals surface area contributed by atoms with Crippen LogP contribution in [0.5, 0.6) is 0 Å². The molecule has 0 bridgehead atoms. The zero-order chi connectivity index (χ0) is 19.7. The first-order chi connectivity index (χ1) is 12.9. The molecule has 1 aromatic carbocycles. The first-order valence-electron chi connectivity index (χ1n) is 10.2. The van der Waals surface area contributed by atoms with Gasteiger partial charge in [0.25, 0.3) is 0 Å². The first kappa shape index (κ1) is 21.9. The molecule has 1 aliphatic heterocycles. The van der Waals surface area contributed by atoms with E-state index in [9.17, 15) is 13.2 Å². The molecule has 1 fully saturated rings. The summed E-state index contributed by atoms with van der Waals surface area (Å²) in [4.78, 5) is 14.5. The monoisotopic (exact) mass is 394 g/mol. The maximum absolute atomic E-state index is 12.2.